The molecule has 27 heavy (non-hydrogen) atoms. The number of nitrogens with one attached hydrogen (secondary N) is 2. The Hall–Kier alpha value is -2.54. The van der Waals surface area contributed by atoms with Gasteiger partial charge in [-0.05, 0) is 50.5 Å². The number of hydrogen-bond donors (Lipinski definition) is 2. The summed E-state index contributed by atoms with van der Waals surface area (Å²) in [6.45, 7) is 8.64. The summed E-state index contributed by atoms with van der Waals surface area (Å²) in [6, 6.07) is 6.72. The Kier molecular flexibility index (Phi) is 7.24. The second kappa shape index (κ2) is 9.41. The van der Waals surface area contributed by atoms with E-state index < -0.39 is 5.91 Å². The van der Waals surface area contributed by atoms with E-state index in [-0.39, 0.29) is 5.91 Å². The van der Waals surface area contributed by atoms with Crippen LogP contribution in [0.15, 0.2) is 24.3 Å². The molecule has 0 aliphatic carbocycles. The van der Waals surface area contributed by atoms with Crippen molar-refractivity contribution in [3.8, 4) is 11.5 Å². The molecule has 146 valence electrons. The zero-order chi connectivity index (χ0) is 20.0. The van der Waals surface area contributed by atoms with E-state index in [1.165, 1.54) is 18.4 Å². The molecule has 0 bridgehead atoms. The van der Waals surface area contributed by atoms with Gasteiger partial charge in [-0.15, -0.1) is 11.3 Å². The lowest BCUT2D eigenvalue weighted by Crippen LogP contribution is -2.41. The minimum Gasteiger partial charge on any atom is -0.493 e. The number of carbonyl (C=O) groups excluding carboxylic acids is 2. The van der Waals surface area contributed by atoms with Crippen LogP contribution in [0, 0.1) is 19.8 Å². The van der Waals surface area contributed by atoms with Crippen molar-refractivity contribution in [2.45, 2.75) is 34.1 Å². The topological polar surface area (TPSA) is 76.7 Å². The molecule has 2 N–H and O–H groups in total. The van der Waals surface area contributed by atoms with Gasteiger partial charge in [-0.1, -0.05) is 13.8 Å². The Morgan fingerprint density at radius 3 is 2.37 bits per heavy atom. The Morgan fingerprint density at radius 2 is 1.78 bits per heavy atom. The molecule has 0 saturated carbocycles. The number of rotatable bonds is 7. The molecule has 1 aromatic carbocycles. The zero-order valence-corrected chi connectivity index (χ0v) is 17.2. The Morgan fingerprint density at radius 1 is 1.07 bits per heavy atom. The molecule has 0 saturated heterocycles. The molecule has 2 aromatic rings. The first-order valence-electron chi connectivity index (χ1n) is 8.80. The second-order valence-corrected chi connectivity index (χ2v) is 8.09. The number of thiophene rings is 1. The highest BCUT2D eigenvalue weighted by atomic mass is 32.1. The van der Waals surface area contributed by atoms with E-state index in [9.17, 15) is 9.59 Å². The monoisotopic (exact) mass is 390 g/mol. The highest BCUT2D eigenvalue weighted by molar-refractivity contribution is 7.12. The molecular formula is C20H26N2O4S. The number of amides is 2. The van der Waals surface area contributed by atoms with E-state index in [4.69, 9.17) is 9.47 Å². The van der Waals surface area contributed by atoms with Gasteiger partial charge in [0.25, 0.3) is 11.8 Å². The third-order valence-corrected chi connectivity index (χ3v) is 4.92. The van der Waals surface area contributed by atoms with Crippen LogP contribution in [0.2, 0.25) is 0 Å². The van der Waals surface area contributed by atoms with Gasteiger partial charge >= 0.3 is 0 Å². The third-order valence-electron chi connectivity index (χ3n) is 3.95. The van der Waals surface area contributed by atoms with Gasteiger partial charge < -0.3 is 9.47 Å². The molecule has 0 fully saturated rings. The predicted octanol–water partition coefficient (Wildman–Crippen LogP) is 3.87. The van der Waals surface area contributed by atoms with E-state index in [1.807, 2.05) is 13.8 Å². The molecule has 1 aromatic heterocycles. The Balaban J connectivity index is 1.99. The van der Waals surface area contributed by atoms with Crippen molar-refractivity contribution in [2.75, 3.05) is 13.7 Å². The second-order valence-electron chi connectivity index (χ2n) is 6.63. The van der Waals surface area contributed by atoms with Gasteiger partial charge in [0.05, 0.1) is 19.3 Å². The molecule has 6 nitrogen and oxygen atoms in total. The van der Waals surface area contributed by atoms with E-state index in [1.54, 1.807) is 24.3 Å². The molecule has 0 spiro atoms. The van der Waals surface area contributed by atoms with Gasteiger partial charge in [0, 0.05) is 15.3 Å². The number of benzene rings is 1. The minimum absolute atomic E-state index is 0.342. The fourth-order valence-corrected chi connectivity index (χ4v) is 3.36. The van der Waals surface area contributed by atoms with Gasteiger partial charge in [-0.25, -0.2) is 0 Å². The predicted molar refractivity (Wildman–Crippen MR) is 107 cm³/mol. The van der Waals surface area contributed by atoms with Crippen LogP contribution in [0.3, 0.4) is 0 Å². The fraction of sp³-hybridized carbons (Fsp3) is 0.400. The minimum atomic E-state index is -0.431. The van der Waals surface area contributed by atoms with Crippen molar-refractivity contribution in [3.63, 3.8) is 0 Å². The van der Waals surface area contributed by atoms with Gasteiger partial charge in [0.15, 0.2) is 11.5 Å². The average molecular weight is 391 g/mol. The smallest absolute Gasteiger partial charge is 0.270 e. The van der Waals surface area contributed by atoms with Gasteiger partial charge in [0.1, 0.15) is 0 Å². The van der Waals surface area contributed by atoms with Crippen LogP contribution in [0.25, 0.3) is 0 Å². The van der Waals surface area contributed by atoms with Gasteiger partial charge in [-0.3, -0.25) is 20.4 Å². The SMILES string of the molecule is COc1cc(C(=O)NNC(=O)c2cc(C)sc2C)ccc1OCCC(C)C. The normalized spacial score (nSPS) is 10.6. The molecule has 1 heterocycles. The van der Waals surface area contributed by atoms with Crippen molar-refractivity contribution in [1.29, 1.82) is 0 Å². The molecule has 7 heteroatoms. The number of hydrazine groups is 1. The van der Waals surface area contributed by atoms with Crippen molar-refractivity contribution in [3.05, 3.63) is 45.1 Å². The van der Waals surface area contributed by atoms with Crippen molar-refractivity contribution < 1.29 is 19.1 Å². The first-order valence-corrected chi connectivity index (χ1v) is 9.62. The summed E-state index contributed by atoms with van der Waals surface area (Å²) in [5.74, 6) is 0.830. The maximum Gasteiger partial charge on any atom is 0.270 e. The lowest BCUT2D eigenvalue weighted by Gasteiger charge is -2.13. The standard InChI is InChI=1S/C20H26N2O4S/c1-12(2)8-9-26-17-7-6-15(11-18(17)25-5)19(23)21-22-20(24)16-10-13(3)27-14(16)4/h6-7,10-12H,8-9H2,1-5H3,(H,21,23)(H,22,24). The summed E-state index contributed by atoms with van der Waals surface area (Å²) in [4.78, 5) is 26.5. The van der Waals surface area contributed by atoms with Crippen molar-refractivity contribution in [2.24, 2.45) is 5.92 Å². The van der Waals surface area contributed by atoms with Gasteiger partial charge in [-0.2, -0.15) is 0 Å². The molecule has 2 rings (SSSR count). The number of methoxy groups -OCH3 is 1. The molecule has 0 aliphatic rings. The summed E-state index contributed by atoms with van der Waals surface area (Å²) in [6.07, 6.45) is 0.929. The van der Waals surface area contributed by atoms with Crippen LogP contribution in [0.1, 0.15) is 50.7 Å². The Bertz CT molecular complexity index is 814. The lowest BCUT2D eigenvalue weighted by atomic mass is 10.1. The number of aryl methyl sites for hydroxylation is 2. The average Bonchev–Trinajstić information content (AvgIpc) is 2.97. The van der Waals surface area contributed by atoms with E-state index in [2.05, 4.69) is 24.7 Å². The molecule has 0 unspecified atom stereocenters. The van der Waals surface area contributed by atoms with Crippen molar-refractivity contribution >= 4 is 23.2 Å². The summed E-state index contributed by atoms with van der Waals surface area (Å²) < 4.78 is 11.0. The van der Waals surface area contributed by atoms with E-state index in [0.29, 0.717) is 35.2 Å². The maximum atomic E-state index is 12.3. The molecular weight excluding hydrogens is 364 g/mol. The van der Waals surface area contributed by atoms with Crippen LogP contribution < -0.4 is 20.3 Å². The summed E-state index contributed by atoms with van der Waals surface area (Å²) in [5, 5.41) is 0. The van der Waals surface area contributed by atoms with Crippen LogP contribution >= 0.6 is 11.3 Å². The van der Waals surface area contributed by atoms with Crippen molar-refractivity contribution in [1.82, 2.24) is 10.9 Å². The summed E-state index contributed by atoms with van der Waals surface area (Å²) >= 11 is 1.54. The zero-order valence-electron chi connectivity index (χ0n) is 16.3. The molecule has 2 amide bonds. The summed E-state index contributed by atoms with van der Waals surface area (Å²) in [7, 11) is 1.52. The first kappa shape index (κ1) is 20.8. The molecule has 0 radical (unpaired) electrons. The lowest BCUT2D eigenvalue weighted by molar-refractivity contribution is 0.0846. The summed E-state index contributed by atoms with van der Waals surface area (Å²) in [5.41, 5.74) is 5.80. The number of hydrogen-bond acceptors (Lipinski definition) is 5. The quantitative estimate of drug-likeness (QED) is 0.704. The highest BCUT2D eigenvalue weighted by Crippen LogP contribution is 2.28. The van der Waals surface area contributed by atoms with E-state index >= 15 is 0 Å². The number of ether oxygens (including phenoxy) is 2. The van der Waals surface area contributed by atoms with Crippen LogP contribution in [-0.2, 0) is 0 Å². The van der Waals surface area contributed by atoms with Crippen LogP contribution in [0.5, 0.6) is 11.5 Å². The fourth-order valence-electron chi connectivity index (χ4n) is 2.44. The largest absolute Gasteiger partial charge is 0.493 e. The third kappa shape index (κ3) is 5.72. The van der Waals surface area contributed by atoms with Gasteiger partial charge in [0.2, 0.25) is 0 Å². The Labute approximate surface area is 163 Å². The maximum absolute atomic E-state index is 12.3. The molecule has 0 atom stereocenters. The highest BCUT2D eigenvalue weighted by Gasteiger charge is 2.15. The van der Waals surface area contributed by atoms with E-state index in [0.717, 1.165) is 16.2 Å². The van der Waals surface area contributed by atoms with Crippen LogP contribution in [-0.4, -0.2) is 25.5 Å². The van der Waals surface area contributed by atoms with Crippen LogP contribution in [0.4, 0.5) is 0 Å². The first-order chi connectivity index (χ1) is 12.8. The molecule has 0 aliphatic heterocycles. The number of carbonyl (C=O) groups is 2.